The number of urea groups is 1. The topological polar surface area (TPSA) is 137 Å². The quantitative estimate of drug-likeness (QED) is 0.394. The molecule has 1 aromatic heterocycles. The summed E-state index contributed by atoms with van der Waals surface area (Å²) in [5.41, 5.74) is 9.03. The van der Waals surface area contributed by atoms with Gasteiger partial charge in [-0.15, -0.1) is 0 Å². The van der Waals surface area contributed by atoms with Crippen molar-refractivity contribution in [2.45, 2.75) is 62.9 Å². The summed E-state index contributed by atoms with van der Waals surface area (Å²) >= 11 is 0. The van der Waals surface area contributed by atoms with Crippen molar-refractivity contribution in [1.82, 2.24) is 24.9 Å². The van der Waals surface area contributed by atoms with Crippen LogP contribution < -0.4 is 11.1 Å². The molecule has 2 atom stereocenters. The van der Waals surface area contributed by atoms with E-state index >= 15 is 0 Å². The van der Waals surface area contributed by atoms with E-state index in [-0.39, 0.29) is 31.1 Å². The zero-order valence-electron chi connectivity index (χ0n) is 23.1. The number of nitrogens with one attached hydrogen (secondary N) is 2. The van der Waals surface area contributed by atoms with Gasteiger partial charge in [-0.25, -0.2) is 9.59 Å². The lowest BCUT2D eigenvalue weighted by Crippen LogP contribution is -2.69. The molecule has 11 nitrogen and oxygen atoms in total. The molecule has 4 heterocycles. The summed E-state index contributed by atoms with van der Waals surface area (Å²) in [6, 6.07) is 13.4. The molecule has 4 N–H and O–H groups in total. The van der Waals surface area contributed by atoms with E-state index in [0.29, 0.717) is 39.0 Å². The maximum absolute atomic E-state index is 13.8. The normalized spacial score (nSPS) is 24.0. The Kier molecular flexibility index (Phi) is 7.63. The molecule has 3 amide bonds. The number of H-pyrrole nitrogens is 1. The number of fused-ring (bicyclic) bond motifs is 2. The van der Waals surface area contributed by atoms with Crippen LogP contribution in [0.5, 0.6) is 0 Å². The lowest BCUT2D eigenvalue weighted by Gasteiger charge is -2.56. The van der Waals surface area contributed by atoms with Crippen molar-refractivity contribution in [2.24, 2.45) is 5.73 Å². The summed E-state index contributed by atoms with van der Waals surface area (Å²) in [5, 5.41) is 11.0. The van der Waals surface area contributed by atoms with Gasteiger partial charge in [0.15, 0.2) is 0 Å². The summed E-state index contributed by atoms with van der Waals surface area (Å²) in [6.45, 7) is 2.38. The monoisotopic (exact) mass is 559 g/mol. The first-order chi connectivity index (χ1) is 20.0. The molecule has 41 heavy (non-hydrogen) atoms. The number of aromatic amines is 1. The zero-order chi connectivity index (χ0) is 28.4. The fourth-order valence-electron chi connectivity index (χ4n) is 6.72. The number of rotatable bonds is 6. The standard InChI is InChI=1S/C30H37N7O4/c31-24-8-12-35(13-9-24)30(11-16-38)18-25(36-14-7-22-3-1-2-4-26(22)33-28(36)39)10-15-37(30)29(40)41-20-21-5-6-27-23(17-21)19-32-34-27/h1-6,16-17,19,24-25H,7-15,18,20,31H2,(H,32,34)(H,33,39)/t25-,30+/m1/s1. The van der Waals surface area contributed by atoms with Gasteiger partial charge in [-0.3, -0.25) is 14.9 Å². The van der Waals surface area contributed by atoms with Crippen LogP contribution in [-0.4, -0.2) is 87.2 Å². The Morgan fingerprint density at radius 1 is 1.12 bits per heavy atom. The summed E-state index contributed by atoms with van der Waals surface area (Å²) in [7, 11) is 0. The van der Waals surface area contributed by atoms with Gasteiger partial charge in [0, 0.05) is 62.2 Å². The van der Waals surface area contributed by atoms with Crippen LogP contribution in [0.15, 0.2) is 48.7 Å². The molecule has 2 fully saturated rings. The Labute approximate surface area is 239 Å². The smallest absolute Gasteiger partial charge is 0.411 e. The number of benzene rings is 2. The van der Waals surface area contributed by atoms with Crippen molar-refractivity contribution in [3.05, 3.63) is 59.8 Å². The SMILES string of the molecule is NC1CCN([C@]2(CC=O)C[C@H](N3CCc4ccccc4NC3=O)CCN2C(=O)OCc2ccc3[nH]ncc3c2)CC1. The van der Waals surface area contributed by atoms with Crippen LogP contribution in [0.4, 0.5) is 15.3 Å². The first-order valence-electron chi connectivity index (χ1n) is 14.4. The highest BCUT2D eigenvalue weighted by molar-refractivity contribution is 5.91. The highest BCUT2D eigenvalue weighted by Crippen LogP contribution is 2.39. The van der Waals surface area contributed by atoms with Gasteiger partial charge in [0.1, 0.15) is 18.6 Å². The number of aldehydes is 1. The van der Waals surface area contributed by atoms with E-state index in [4.69, 9.17) is 10.5 Å². The lowest BCUT2D eigenvalue weighted by atomic mass is 9.85. The van der Waals surface area contributed by atoms with Crippen LogP contribution in [0, 0.1) is 0 Å². The number of ether oxygens (including phenoxy) is 1. The van der Waals surface area contributed by atoms with Gasteiger partial charge in [0.25, 0.3) is 0 Å². The van der Waals surface area contributed by atoms with Gasteiger partial charge >= 0.3 is 12.1 Å². The maximum Gasteiger partial charge on any atom is 0.411 e. The molecule has 11 heteroatoms. The van der Waals surface area contributed by atoms with E-state index in [1.807, 2.05) is 47.4 Å². The summed E-state index contributed by atoms with van der Waals surface area (Å²) in [5.74, 6) is 0. The predicted molar refractivity (Wildman–Crippen MR) is 154 cm³/mol. The second-order valence-corrected chi connectivity index (χ2v) is 11.4. The minimum Gasteiger partial charge on any atom is -0.445 e. The number of hydrogen-bond acceptors (Lipinski definition) is 7. The summed E-state index contributed by atoms with van der Waals surface area (Å²) in [4.78, 5) is 45.3. The first-order valence-corrected chi connectivity index (χ1v) is 14.4. The lowest BCUT2D eigenvalue weighted by molar-refractivity contribution is -0.126. The Morgan fingerprint density at radius 3 is 2.78 bits per heavy atom. The van der Waals surface area contributed by atoms with Crippen molar-refractivity contribution in [2.75, 3.05) is 31.5 Å². The first kappa shape index (κ1) is 27.2. The zero-order valence-corrected chi connectivity index (χ0v) is 23.1. The molecular weight excluding hydrogens is 522 g/mol. The molecule has 0 saturated carbocycles. The molecule has 3 aliphatic heterocycles. The van der Waals surface area contributed by atoms with Gasteiger partial charge in [-0.2, -0.15) is 5.10 Å². The molecule has 3 aromatic rings. The number of nitrogens with zero attached hydrogens (tertiary/aromatic N) is 4. The number of piperidine rings is 2. The summed E-state index contributed by atoms with van der Waals surface area (Å²) < 4.78 is 5.87. The summed E-state index contributed by atoms with van der Waals surface area (Å²) in [6.07, 6.45) is 5.63. The minimum atomic E-state index is -0.907. The van der Waals surface area contributed by atoms with Crippen molar-refractivity contribution in [3.8, 4) is 0 Å². The van der Waals surface area contributed by atoms with Crippen LogP contribution in [0.3, 0.4) is 0 Å². The third kappa shape index (κ3) is 5.39. The average Bonchev–Trinajstić information content (AvgIpc) is 3.38. The molecule has 216 valence electrons. The minimum absolute atomic E-state index is 0.0899. The Balaban J connectivity index is 1.25. The number of para-hydroxylation sites is 1. The molecule has 0 bridgehead atoms. The fourth-order valence-corrected chi connectivity index (χ4v) is 6.72. The third-order valence-corrected chi connectivity index (χ3v) is 8.96. The molecule has 0 radical (unpaired) electrons. The fraction of sp³-hybridized carbons (Fsp3) is 0.467. The highest BCUT2D eigenvalue weighted by Gasteiger charge is 2.51. The molecule has 6 rings (SSSR count). The molecule has 0 aliphatic carbocycles. The number of anilines is 1. The number of hydrogen-bond donors (Lipinski definition) is 3. The Bertz CT molecular complexity index is 1420. The van der Waals surface area contributed by atoms with Crippen LogP contribution in [0.25, 0.3) is 10.9 Å². The second kappa shape index (κ2) is 11.5. The third-order valence-electron chi connectivity index (χ3n) is 8.96. The van der Waals surface area contributed by atoms with Gasteiger partial charge in [-0.1, -0.05) is 24.3 Å². The number of nitrogens with two attached hydrogens (primary N) is 1. The maximum atomic E-state index is 13.8. The molecule has 2 saturated heterocycles. The van der Waals surface area contributed by atoms with Crippen LogP contribution in [-0.2, 0) is 22.6 Å². The Morgan fingerprint density at radius 2 is 1.95 bits per heavy atom. The van der Waals surface area contributed by atoms with Crippen molar-refractivity contribution in [3.63, 3.8) is 0 Å². The van der Waals surface area contributed by atoms with E-state index in [0.717, 1.165) is 53.3 Å². The van der Waals surface area contributed by atoms with Crippen molar-refractivity contribution < 1.29 is 19.1 Å². The van der Waals surface area contributed by atoms with Crippen molar-refractivity contribution in [1.29, 1.82) is 0 Å². The average molecular weight is 560 g/mol. The van der Waals surface area contributed by atoms with Crippen molar-refractivity contribution >= 4 is 35.0 Å². The Hall–Kier alpha value is -3.96. The van der Waals surface area contributed by atoms with E-state index < -0.39 is 11.8 Å². The number of carbonyl (C=O) groups excluding carboxylic acids is 3. The largest absolute Gasteiger partial charge is 0.445 e. The highest BCUT2D eigenvalue weighted by atomic mass is 16.6. The number of amides is 3. The van der Waals surface area contributed by atoms with Gasteiger partial charge < -0.3 is 25.5 Å². The van der Waals surface area contributed by atoms with Gasteiger partial charge in [-0.05, 0) is 55.0 Å². The number of carbonyl (C=O) groups is 3. The molecular formula is C30H37N7O4. The second-order valence-electron chi connectivity index (χ2n) is 11.4. The van der Waals surface area contributed by atoms with Crippen LogP contribution in [0.1, 0.15) is 43.2 Å². The molecule has 2 aromatic carbocycles. The molecule has 0 unspecified atom stereocenters. The molecule has 3 aliphatic rings. The van der Waals surface area contributed by atoms with Gasteiger partial charge in [0.05, 0.1) is 11.7 Å². The molecule has 0 spiro atoms. The van der Waals surface area contributed by atoms with Gasteiger partial charge in [0.2, 0.25) is 0 Å². The van der Waals surface area contributed by atoms with E-state index in [1.54, 1.807) is 11.1 Å². The van der Waals surface area contributed by atoms with E-state index in [1.165, 1.54) is 0 Å². The predicted octanol–water partition coefficient (Wildman–Crippen LogP) is 3.46. The van der Waals surface area contributed by atoms with Crippen LogP contribution in [0.2, 0.25) is 0 Å². The van der Waals surface area contributed by atoms with Crippen LogP contribution >= 0.6 is 0 Å². The van der Waals surface area contributed by atoms with E-state index in [2.05, 4.69) is 20.4 Å². The number of likely N-dealkylation sites (tertiary alicyclic amines) is 2. The van der Waals surface area contributed by atoms with E-state index in [9.17, 15) is 14.4 Å². The number of aromatic nitrogens is 2.